The minimum atomic E-state index is -3.74. The Morgan fingerprint density at radius 3 is 2.20 bits per heavy atom. The number of carbonyl (C=O) groups is 1. The van der Waals surface area contributed by atoms with E-state index in [4.69, 9.17) is 0 Å². The van der Waals surface area contributed by atoms with Crippen molar-refractivity contribution in [3.63, 3.8) is 0 Å². The monoisotopic (exact) mass is 577 g/mol. The van der Waals surface area contributed by atoms with Gasteiger partial charge in [-0.25, -0.2) is 31.4 Å². The molecule has 4 bridgehead atoms. The minimum Gasteiger partial charge on any atom is -0.322 e. The van der Waals surface area contributed by atoms with Crippen LogP contribution in [0.1, 0.15) is 61.0 Å². The van der Waals surface area contributed by atoms with E-state index < -0.39 is 22.4 Å². The number of halogens is 2. The van der Waals surface area contributed by atoms with Crippen LogP contribution in [0.2, 0.25) is 0 Å². The number of alkyl halides is 2. The molecule has 0 aliphatic heterocycles. The van der Waals surface area contributed by atoms with Gasteiger partial charge < -0.3 is 5.32 Å². The van der Waals surface area contributed by atoms with Crippen LogP contribution in [0.25, 0.3) is 16.9 Å². The summed E-state index contributed by atoms with van der Waals surface area (Å²) in [5.41, 5.74) is 0.563. The molecule has 2 aromatic carbocycles. The first kappa shape index (κ1) is 26.2. The number of hydrogen-bond donors (Lipinski definition) is 2. The first-order valence-corrected chi connectivity index (χ1v) is 15.3. The van der Waals surface area contributed by atoms with Crippen molar-refractivity contribution in [2.45, 2.75) is 55.4 Å². The van der Waals surface area contributed by atoms with Gasteiger partial charge in [0.25, 0.3) is 12.3 Å². The van der Waals surface area contributed by atoms with E-state index >= 15 is 0 Å². The van der Waals surface area contributed by atoms with Crippen molar-refractivity contribution in [3.8, 4) is 11.3 Å². The summed E-state index contributed by atoms with van der Waals surface area (Å²) in [4.78, 5) is 17.8. The number of hydrogen-bond acceptors (Lipinski definition) is 5. The number of nitrogens with one attached hydrogen (secondary N) is 2. The smallest absolute Gasteiger partial charge is 0.280 e. The Labute approximate surface area is 236 Å². The summed E-state index contributed by atoms with van der Waals surface area (Å²) in [5, 5.41) is 6.71. The number of rotatable bonds is 7. The molecule has 0 saturated heterocycles. The van der Waals surface area contributed by atoms with E-state index in [0.717, 1.165) is 23.8 Å². The summed E-state index contributed by atoms with van der Waals surface area (Å²) < 4.78 is 58.5. The van der Waals surface area contributed by atoms with E-state index in [1.807, 2.05) is 6.07 Å². The first-order valence-electron chi connectivity index (χ1n) is 13.9. The predicted molar refractivity (Wildman–Crippen MR) is 149 cm³/mol. The Morgan fingerprint density at radius 1 is 0.951 bits per heavy atom. The van der Waals surface area contributed by atoms with Crippen molar-refractivity contribution in [1.82, 2.24) is 19.3 Å². The van der Waals surface area contributed by atoms with Gasteiger partial charge in [-0.05, 0) is 86.6 Å². The third-order valence-corrected chi connectivity index (χ3v) is 10.4. The number of amides is 1. The molecule has 1 amide bonds. The highest BCUT2D eigenvalue weighted by Gasteiger charge is 2.52. The molecule has 0 spiro atoms. The van der Waals surface area contributed by atoms with Crippen LogP contribution < -0.4 is 10.0 Å². The number of carbonyl (C=O) groups excluding carboxylic acids is 1. The molecule has 212 valence electrons. The van der Waals surface area contributed by atoms with Gasteiger partial charge in [0.15, 0.2) is 5.65 Å². The first-order chi connectivity index (χ1) is 19.7. The van der Waals surface area contributed by atoms with Gasteiger partial charge in [0.1, 0.15) is 11.3 Å². The van der Waals surface area contributed by atoms with Gasteiger partial charge in [0.05, 0.1) is 16.8 Å². The third kappa shape index (κ3) is 4.80. The largest absolute Gasteiger partial charge is 0.322 e. The van der Waals surface area contributed by atoms with Crippen molar-refractivity contribution < 1.29 is 22.0 Å². The lowest BCUT2D eigenvalue weighted by molar-refractivity contribution is -0.00810. The van der Waals surface area contributed by atoms with E-state index in [0.29, 0.717) is 34.7 Å². The topological polar surface area (TPSA) is 105 Å². The van der Waals surface area contributed by atoms with Gasteiger partial charge in [-0.1, -0.05) is 30.3 Å². The Balaban J connectivity index is 1.12. The lowest BCUT2D eigenvalue weighted by Crippen LogP contribution is -2.59. The van der Waals surface area contributed by atoms with Gasteiger partial charge in [0, 0.05) is 16.8 Å². The van der Waals surface area contributed by atoms with Crippen molar-refractivity contribution >= 4 is 27.3 Å². The van der Waals surface area contributed by atoms with Gasteiger partial charge in [0.2, 0.25) is 10.0 Å². The Kier molecular flexibility index (Phi) is 6.20. The van der Waals surface area contributed by atoms with E-state index in [1.165, 1.54) is 55.8 Å². The maximum atomic E-state index is 13.9. The number of benzene rings is 2. The standard InChI is InChI=1S/C30H29F2N5O3S/c31-27(32)26-13-25(21-4-2-1-3-5-21)35-28-24(17-33-37(26)28)29(38)34-22-6-8-23(9-7-22)41(39,40)36-30-14-18-10-19(15-30)12-20(11-18)16-30/h1-9,13,17-20,27,36H,10-12,14-16H2,(H,34,38). The fraction of sp³-hybridized carbons (Fsp3) is 0.367. The molecule has 2 heterocycles. The predicted octanol–water partition coefficient (Wildman–Crippen LogP) is 5.83. The molecule has 4 aliphatic carbocycles. The number of fused-ring (bicyclic) bond motifs is 1. The van der Waals surface area contributed by atoms with Gasteiger partial charge in [-0.15, -0.1) is 0 Å². The van der Waals surface area contributed by atoms with Crippen LogP contribution >= 0.6 is 0 Å². The third-order valence-electron chi connectivity index (χ3n) is 8.85. The molecule has 8 rings (SSSR count). The van der Waals surface area contributed by atoms with E-state index in [9.17, 15) is 22.0 Å². The normalized spacial score (nSPS) is 25.2. The van der Waals surface area contributed by atoms with Crippen LogP contribution in [0.3, 0.4) is 0 Å². The summed E-state index contributed by atoms with van der Waals surface area (Å²) in [6.45, 7) is 0. The highest BCUT2D eigenvalue weighted by Crippen LogP contribution is 2.56. The van der Waals surface area contributed by atoms with Crippen LogP contribution in [-0.4, -0.2) is 34.5 Å². The molecule has 41 heavy (non-hydrogen) atoms. The minimum absolute atomic E-state index is 0.00174. The van der Waals surface area contributed by atoms with Crippen LogP contribution in [0.5, 0.6) is 0 Å². The zero-order valence-corrected chi connectivity index (χ0v) is 22.9. The van der Waals surface area contributed by atoms with E-state index in [2.05, 4.69) is 20.1 Å². The molecule has 2 aromatic heterocycles. The lowest BCUT2D eigenvalue weighted by Gasteiger charge is -2.56. The van der Waals surface area contributed by atoms with Crippen molar-refractivity contribution in [2.24, 2.45) is 17.8 Å². The summed E-state index contributed by atoms with van der Waals surface area (Å²) in [7, 11) is -3.74. The molecule has 2 N–H and O–H groups in total. The van der Waals surface area contributed by atoms with E-state index in [1.54, 1.807) is 24.3 Å². The molecule has 4 saturated carbocycles. The second-order valence-electron chi connectivity index (χ2n) is 11.8. The summed E-state index contributed by atoms with van der Waals surface area (Å²) in [6, 6.07) is 16.1. The summed E-state index contributed by atoms with van der Waals surface area (Å²) in [6.07, 6.45) is 4.72. The highest BCUT2D eigenvalue weighted by molar-refractivity contribution is 7.89. The van der Waals surface area contributed by atoms with Gasteiger partial charge >= 0.3 is 0 Å². The molecule has 4 aromatic rings. The van der Waals surface area contributed by atoms with Crippen molar-refractivity contribution in [1.29, 1.82) is 0 Å². The Bertz CT molecular complexity index is 1700. The molecular weight excluding hydrogens is 548 g/mol. The molecule has 0 unspecified atom stereocenters. The maximum absolute atomic E-state index is 13.9. The zero-order chi connectivity index (χ0) is 28.4. The number of nitrogens with zero attached hydrogens (tertiary/aromatic N) is 3. The highest BCUT2D eigenvalue weighted by atomic mass is 32.2. The molecule has 8 nitrogen and oxygen atoms in total. The Hall–Kier alpha value is -3.70. The van der Waals surface area contributed by atoms with Crippen molar-refractivity contribution in [2.75, 3.05) is 5.32 Å². The Morgan fingerprint density at radius 2 is 1.59 bits per heavy atom. The van der Waals surface area contributed by atoms with Crippen LogP contribution in [0.4, 0.5) is 14.5 Å². The fourth-order valence-corrected chi connectivity index (χ4v) is 8.99. The fourth-order valence-electron chi connectivity index (χ4n) is 7.55. The van der Waals surface area contributed by atoms with Crippen molar-refractivity contribution in [3.05, 3.63) is 78.1 Å². The molecular formula is C30H29F2N5O3S. The van der Waals surface area contributed by atoms with Gasteiger partial charge in [-0.2, -0.15) is 5.10 Å². The van der Waals surface area contributed by atoms with Crippen LogP contribution in [-0.2, 0) is 10.0 Å². The molecule has 0 radical (unpaired) electrons. The average Bonchev–Trinajstić information content (AvgIpc) is 3.36. The number of aromatic nitrogens is 3. The number of sulfonamides is 1. The molecule has 0 atom stereocenters. The van der Waals surface area contributed by atoms with Gasteiger partial charge in [-0.3, -0.25) is 4.79 Å². The second-order valence-corrected chi connectivity index (χ2v) is 13.5. The maximum Gasteiger partial charge on any atom is 0.280 e. The number of anilines is 1. The molecule has 4 aliphatic rings. The van der Waals surface area contributed by atoms with Crippen LogP contribution in [0.15, 0.2) is 71.8 Å². The average molecular weight is 578 g/mol. The summed E-state index contributed by atoms with van der Waals surface area (Å²) >= 11 is 0. The lowest BCUT2D eigenvalue weighted by atomic mass is 9.53. The zero-order valence-electron chi connectivity index (χ0n) is 22.1. The summed E-state index contributed by atoms with van der Waals surface area (Å²) in [5.74, 6) is 1.23. The molecule has 4 fully saturated rings. The molecule has 11 heteroatoms. The SMILES string of the molecule is O=C(Nc1ccc(S(=O)(=O)NC23CC4CC(CC(C4)C2)C3)cc1)c1cnn2c(C(F)F)cc(-c3ccccc3)nc12. The van der Waals surface area contributed by atoms with Crippen LogP contribution in [0, 0.1) is 17.8 Å². The quantitative estimate of drug-likeness (QED) is 0.287. The van der Waals surface area contributed by atoms with E-state index in [-0.39, 0.29) is 27.3 Å². The second kappa shape index (κ2) is 9.70.